The van der Waals surface area contributed by atoms with E-state index in [1.165, 1.54) is 40.4 Å². The molecule has 2 fully saturated rings. The highest BCUT2D eigenvalue weighted by Gasteiger charge is 2.41. The second kappa shape index (κ2) is 12.6. The van der Waals surface area contributed by atoms with Crippen molar-refractivity contribution in [3.8, 4) is 23.0 Å². The van der Waals surface area contributed by atoms with Crippen molar-refractivity contribution in [2.45, 2.75) is 70.4 Å². The lowest BCUT2D eigenvalue weighted by molar-refractivity contribution is -0.142. The van der Waals surface area contributed by atoms with E-state index in [0.29, 0.717) is 93.5 Å². The van der Waals surface area contributed by atoms with Gasteiger partial charge in [0.2, 0.25) is 0 Å². The van der Waals surface area contributed by atoms with Gasteiger partial charge in [0.25, 0.3) is 0 Å². The maximum atomic E-state index is 14.7. The zero-order valence-corrected chi connectivity index (χ0v) is 30.5. The topological polar surface area (TPSA) is 198 Å². The highest BCUT2D eigenvalue weighted by atomic mass is 16.5. The third-order valence-corrected chi connectivity index (χ3v) is 12.0. The van der Waals surface area contributed by atoms with Crippen LogP contribution in [0, 0.1) is 11.8 Å². The van der Waals surface area contributed by atoms with Crippen LogP contribution in [0.15, 0.2) is 27.3 Å². The molecule has 280 valence electrons. The van der Waals surface area contributed by atoms with E-state index in [1.54, 1.807) is 6.92 Å². The molecule has 5 aromatic carbocycles. The number of ether oxygens (including phenoxy) is 3. The van der Waals surface area contributed by atoms with E-state index in [1.807, 2.05) is 6.08 Å². The molecule has 5 aromatic rings. The van der Waals surface area contributed by atoms with Crippen molar-refractivity contribution in [2.75, 3.05) is 32.0 Å². The Kier molecular flexibility index (Phi) is 8.23. The molecule has 2 saturated carbocycles. The molecule has 3 aliphatic carbocycles. The number of carboxylic acid groups (broad SMARTS) is 2. The number of aromatic hydroxyl groups is 1. The fraction of sp³-hybridized carbons (Fsp3) is 0.390. The number of fused-ring (bicyclic) bond motifs is 1. The van der Waals surface area contributed by atoms with Crippen LogP contribution in [0.4, 0.5) is 11.4 Å². The molecule has 54 heavy (non-hydrogen) atoms. The number of methoxy groups -OCH3 is 3. The second-order valence-corrected chi connectivity index (χ2v) is 14.8. The van der Waals surface area contributed by atoms with Crippen molar-refractivity contribution >= 4 is 78.3 Å². The number of carboxylic acids is 2. The van der Waals surface area contributed by atoms with Crippen molar-refractivity contribution in [1.82, 2.24) is 0 Å². The number of nitrogens with one attached hydrogen (secondary N) is 2. The summed E-state index contributed by atoms with van der Waals surface area (Å²) in [5.41, 5.74) is 1.02. The molecule has 13 heteroatoms. The van der Waals surface area contributed by atoms with E-state index in [9.17, 15) is 39.3 Å². The summed E-state index contributed by atoms with van der Waals surface area (Å²) in [6.45, 7) is 3.20. The minimum atomic E-state index is -0.977. The summed E-state index contributed by atoms with van der Waals surface area (Å²) in [6, 6.07) is 1.46. The molecule has 8 rings (SSSR count). The van der Waals surface area contributed by atoms with Gasteiger partial charge >= 0.3 is 11.9 Å². The highest BCUT2D eigenvalue weighted by Crippen LogP contribution is 2.58. The Hall–Kier alpha value is -5.85. The van der Waals surface area contributed by atoms with Crippen LogP contribution in [-0.4, -0.2) is 66.5 Å². The second-order valence-electron chi connectivity index (χ2n) is 14.8. The van der Waals surface area contributed by atoms with Gasteiger partial charge in [0.15, 0.2) is 22.4 Å². The summed E-state index contributed by atoms with van der Waals surface area (Å²) in [5, 5.41) is 41.8. The number of hydrogen-bond acceptors (Lipinski definition) is 11. The number of Topliss-reactive ketones (excluding diaryl/α,β-unsaturated/α-hetero) is 1. The van der Waals surface area contributed by atoms with Gasteiger partial charge in [-0.05, 0) is 44.9 Å². The molecule has 0 aromatic heterocycles. The maximum Gasteiger partial charge on any atom is 0.308 e. The first kappa shape index (κ1) is 35.2. The number of anilines is 2. The summed E-state index contributed by atoms with van der Waals surface area (Å²) >= 11 is 0. The number of carbonyl (C=O) groups excluding carboxylic acids is 1. The van der Waals surface area contributed by atoms with E-state index < -0.39 is 58.4 Å². The molecule has 5 N–H and O–H groups in total. The third kappa shape index (κ3) is 4.79. The van der Waals surface area contributed by atoms with Crippen LogP contribution in [-0.2, 0) is 14.4 Å². The predicted molar refractivity (Wildman–Crippen MR) is 205 cm³/mol. The van der Waals surface area contributed by atoms with Crippen LogP contribution >= 0.6 is 0 Å². The summed E-state index contributed by atoms with van der Waals surface area (Å²) in [5.74, 6) is -4.91. The van der Waals surface area contributed by atoms with Crippen molar-refractivity contribution in [3.63, 3.8) is 0 Å². The number of allylic oxidation sites excluding steroid dienone is 1. The monoisotopic (exact) mass is 736 g/mol. The normalized spacial score (nSPS) is 22.2. The number of carbonyl (C=O) groups is 3. The third-order valence-electron chi connectivity index (χ3n) is 12.0. The van der Waals surface area contributed by atoms with Crippen LogP contribution in [0.3, 0.4) is 0 Å². The first-order valence-electron chi connectivity index (χ1n) is 18.1. The van der Waals surface area contributed by atoms with E-state index in [2.05, 4.69) is 10.6 Å². The van der Waals surface area contributed by atoms with Gasteiger partial charge in [-0.1, -0.05) is 24.5 Å². The van der Waals surface area contributed by atoms with Gasteiger partial charge in [0.05, 0.1) is 61.2 Å². The molecule has 0 amide bonds. The van der Waals surface area contributed by atoms with E-state index in [-0.39, 0.29) is 39.2 Å². The van der Waals surface area contributed by atoms with Crippen LogP contribution in [0.25, 0.3) is 49.2 Å². The Morgan fingerprint density at radius 2 is 1.20 bits per heavy atom. The lowest BCUT2D eigenvalue weighted by Crippen LogP contribution is -2.33. The minimum absolute atomic E-state index is 0.0675. The smallest absolute Gasteiger partial charge is 0.308 e. The zero-order valence-electron chi connectivity index (χ0n) is 30.5. The van der Waals surface area contributed by atoms with E-state index in [0.717, 1.165) is 0 Å². The fourth-order valence-corrected chi connectivity index (χ4v) is 9.81. The number of phenols is 1. The fourth-order valence-electron chi connectivity index (χ4n) is 9.81. The largest absolute Gasteiger partial charge is 0.504 e. The molecule has 0 bridgehead atoms. The first-order chi connectivity index (χ1) is 25.8. The molecule has 0 saturated heterocycles. The number of ketones is 1. The number of phenolic OH excluding ortho intramolecular Hbond substituents is 1. The molecule has 0 heterocycles. The highest BCUT2D eigenvalue weighted by molar-refractivity contribution is 6.40. The zero-order chi connectivity index (χ0) is 38.5. The molecular formula is C41H40N2O11. The number of hydrogen-bond donors (Lipinski definition) is 5. The number of rotatable bonds is 10. The van der Waals surface area contributed by atoms with Crippen molar-refractivity contribution in [2.24, 2.45) is 11.8 Å². The lowest BCUT2D eigenvalue weighted by Gasteiger charge is -2.30. The van der Waals surface area contributed by atoms with Crippen molar-refractivity contribution in [1.29, 1.82) is 0 Å². The minimum Gasteiger partial charge on any atom is -0.504 e. The van der Waals surface area contributed by atoms with Gasteiger partial charge in [-0.25, -0.2) is 0 Å². The summed E-state index contributed by atoms with van der Waals surface area (Å²) in [6.07, 6.45) is 5.00. The van der Waals surface area contributed by atoms with Gasteiger partial charge in [-0.2, -0.15) is 0 Å². The lowest BCUT2D eigenvalue weighted by atomic mass is 9.80. The van der Waals surface area contributed by atoms with Crippen LogP contribution in [0.1, 0.15) is 69.4 Å². The van der Waals surface area contributed by atoms with Gasteiger partial charge in [0, 0.05) is 62.3 Å². The predicted octanol–water partition coefficient (Wildman–Crippen LogP) is 6.05. The maximum absolute atomic E-state index is 14.7. The molecule has 13 nitrogen and oxygen atoms in total. The first-order valence-corrected chi connectivity index (χ1v) is 18.1. The van der Waals surface area contributed by atoms with Crippen molar-refractivity contribution in [3.05, 3.63) is 49.3 Å². The summed E-state index contributed by atoms with van der Waals surface area (Å²) in [7, 11) is 4.17. The molecular weight excluding hydrogens is 696 g/mol. The SMILES string of the molecule is COc1c(O)c2c(=O)cc(OC)c3c4c(OC)cc(=O)c5c(NC6CCCC6C(=O)O)c(NC6CCCC6C(=O)O)c6c(c(c1C(C(C)=O)C(C)=C6)c23)c54. The van der Waals surface area contributed by atoms with Crippen LogP contribution in [0.5, 0.6) is 23.0 Å². The number of aliphatic carboxylic acids is 2. The summed E-state index contributed by atoms with van der Waals surface area (Å²) in [4.78, 5) is 67.5. The average molecular weight is 737 g/mol. The summed E-state index contributed by atoms with van der Waals surface area (Å²) < 4.78 is 17.6. The Bertz CT molecular complexity index is 2620. The molecule has 0 spiro atoms. The van der Waals surface area contributed by atoms with Crippen LogP contribution in [0.2, 0.25) is 0 Å². The van der Waals surface area contributed by atoms with Gasteiger partial charge < -0.3 is 40.2 Å². The Labute approximate surface area is 308 Å². The quantitative estimate of drug-likeness (QED) is 0.0822. The van der Waals surface area contributed by atoms with E-state index >= 15 is 0 Å². The standard InChI is InChI=1S/C41H40N2O11/c1-15-12-19-27-32-28(37(43-21-11-7-9-18(21)41(50)51)36(19)42-20-10-6-8-17(20)40(48)49)22(45)13-24(52-3)30(32)31-25(53-4)14-23(46)29-34(31)33(27)35(26(15)16(2)44)39(54-5)38(29)47/h12-14,17-18,20-21,26,42-43,47H,6-11H2,1-5H3,(H,48,49)(H,50,51). The molecule has 5 unspecified atom stereocenters. The molecule has 0 aliphatic heterocycles. The Morgan fingerprint density at radius 1 is 0.685 bits per heavy atom. The molecule has 0 radical (unpaired) electrons. The van der Waals surface area contributed by atoms with Gasteiger partial charge in [-0.15, -0.1) is 0 Å². The van der Waals surface area contributed by atoms with E-state index in [4.69, 9.17) is 14.2 Å². The average Bonchev–Trinajstić information content (AvgIpc) is 3.77. The molecule has 3 aliphatic rings. The van der Waals surface area contributed by atoms with Gasteiger partial charge in [-0.3, -0.25) is 24.0 Å². The molecule has 5 atom stereocenters. The van der Waals surface area contributed by atoms with Crippen molar-refractivity contribution < 1.29 is 43.9 Å². The van der Waals surface area contributed by atoms with Crippen LogP contribution < -0.4 is 35.7 Å². The Balaban J connectivity index is 1.70. The Morgan fingerprint density at radius 3 is 1.70 bits per heavy atom. The van der Waals surface area contributed by atoms with Gasteiger partial charge in [0.1, 0.15) is 17.3 Å². The number of benzene rings is 5.